The van der Waals surface area contributed by atoms with Crippen LogP contribution in [0, 0.1) is 0 Å². The Labute approximate surface area is 76.6 Å². The molecule has 0 saturated carbocycles. The summed E-state index contributed by atoms with van der Waals surface area (Å²) in [4.78, 5) is 0. The molecule has 1 atom stereocenters. The van der Waals surface area contributed by atoms with E-state index < -0.39 is 0 Å². The Morgan fingerprint density at radius 2 is 1.83 bits per heavy atom. The second-order valence-corrected chi connectivity index (χ2v) is 3.44. The zero-order valence-corrected chi connectivity index (χ0v) is 9.04. The van der Waals surface area contributed by atoms with E-state index in [0.29, 0.717) is 12.1 Å². The first-order chi connectivity index (χ1) is 5.63. The zero-order chi connectivity index (χ0) is 9.56. The van der Waals surface area contributed by atoms with Crippen molar-refractivity contribution in [2.45, 2.75) is 59.5 Å². The molecule has 0 aliphatic heterocycles. The summed E-state index contributed by atoms with van der Waals surface area (Å²) in [6, 6.07) is 1.05. The molecular formula is C10H22N2. The number of rotatable bonds is 5. The summed E-state index contributed by atoms with van der Waals surface area (Å²) in [5, 5.41) is 6.59. The van der Waals surface area contributed by atoms with Gasteiger partial charge in [-0.05, 0) is 33.6 Å². The number of hydrazone groups is 1. The fraction of sp³-hybridized carbons (Fsp3) is 0.900. The van der Waals surface area contributed by atoms with Crippen LogP contribution in [0.2, 0.25) is 0 Å². The maximum absolute atomic E-state index is 4.42. The molecule has 12 heavy (non-hydrogen) atoms. The standard InChI is InChI=1S/C10H22N2/c1-6-8-11-12(9(3)4)10(5)7-2/h8-10H,6-7H2,1-5H3/b11-8-. The molecule has 0 spiro atoms. The number of nitrogens with zero attached hydrogens (tertiary/aromatic N) is 2. The first-order valence-corrected chi connectivity index (χ1v) is 4.94. The van der Waals surface area contributed by atoms with Gasteiger partial charge in [0.25, 0.3) is 0 Å². The Morgan fingerprint density at radius 3 is 2.17 bits per heavy atom. The lowest BCUT2D eigenvalue weighted by Gasteiger charge is -2.29. The fourth-order valence-corrected chi connectivity index (χ4v) is 1.12. The van der Waals surface area contributed by atoms with E-state index in [1.165, 1.54) is 0 Å². The van der Waals surface area contributed by atoms with E-state index >= 15 is 0 Å². The minimum atomic E-state index is 0.503. The van der Waals surface area contributed by atoms with Gasteiger partial charge in [0.2, 0.25) is 0 Å². The van der Waals surface area contributed by atoms with Gasteiger partial charge in [-0.25, -0.2) is 0 Å². The van der Waals surface area contributed by atoms with Crippen molar-refractivity contribution in [3.8, 4) is 0 Å². The lowest BCUT2D eigenvalue weighted by molar-refractivity contribution is 0.168. The summed E-state index contributed by atoms with van der Waals surface area (Å²) in [6.45, 7) is 10.9. The van der Waals surface area contributed by atoms with Gasteiger partial charge in [0.1, 0.15) is 0 Å². The van der Waals surface area contributed by atoms with Crippen LogP contribution in [0.1, 0.15) is 47.5 Å². The van der Waals surface area contributed by atoms with E-state index in [-0.39, 0.29) is 0 Å². The third kappa shape index (κ3) is 3.74. The summed E-state index contributed by atoms with van der Waals surface area (Å²) in [7, 11) is 0. The molecule has 0 radical (unpaired) electrons. The van der Waals surface area contributed by atoms with Gasteiger partial charge in [-0.1, -0.05) is 13.8 Å². The predicted octanol–water partition coefficient (Wildman–Crippen LogP) is 2.89. The topological polar surface area (TPSA) is 15.6 Å². The summed E-state index contributed by atoms with van der Waals surface area (Å²) >= 11 is 0. The molecule has 72 valence electrons. The highest BCUT2D eigenvalue weighted by atomic mass is 15.5. The minimum Gasteiger partial charge on any atom is -0.292 e. The third-order valence-electron chi connectivity index (χ3n) is 1.97. The predicted molar refractivity (Wildman–Crippen MR) is 55.5 cm³/mol. The van der Waals surface area contributed by atoms with Crippen LogP contribution in [-0.2, 0) is 0 Å². The van der Waals surface area contributed by atoms with Crippen molar-refractivity contribution < 1.29 is 0 Å². The summed E-state index contributed by atoms with van der Waals surface area (Å²) in [6.07, 6.45) is 4.14. The summed E-state index contributed by atoms with van der Waals surface area (Å²) in [5.41, 5.74) is 0. The third-order valence-corrected chi connectivity index (χ3v) is 1.97. The molecule has 0 N–H and O–H groups in total. The molecule has 0 fully saturated rings. The first kappa shape index (κ1) is 11.5. The van der Waals surface area contributed by atoms with Gasteiger partial charge in [-0.2, -0.15) is 5.10 Å². The van der Waals surface area contributed by atoms with E-state index in [9.17, 15) is 0 Å². The number of hydrogen-bond donors (Lipinski definition) is 0. The van der Waals surface area contributed by atoms with E-state index in [4.69, 9.17) is 0 Å². The highest BCUT2D eigenvalue weighted by Gasteiger charge is 2.11. The van der Waals surface area contributed by atoms with Gasteiger partial charge in [0.05, 0.1) is 0 Å². The Bertz CT molecular complexity index is 130. The molecule has 0 rings (SSSR count). The smallest absolute Gasteiger partial charge is 0.0442 e. The van der Waals surface area contributed by atoms with Crippen molar-refractivity contribution in [2.24, 2.45) is 5.10 Å². The van der Waals surface area contributed by atoms with Crippen molar-refractivity contribution >= 4 is 6.21 Å². The van der Waals surface area contributed by atoms with Crippen molar-refractivity contribution in [3.63, 3.8) is 0 Å². The molecular weight excluding hydrogens is 148 g/mol. The molecule has 0 saturated heterocycles. The molecule has 1 unspecified atom stereocenters. The maximum atomic E-state index is 4.42. The maximum Gasteiger partial charge on any atom is 0.0442 e. The van der Waals surface area contributed by atoms with Crippen LogP contribution in [0.5, 0.6) is 0 Å². The van der Waals surface area contributed by atoms with Crippen LogP contribution in [0.25, 0.3) is 0 Å². The van der Waals surface area contributed by atoms with Crippen molar-refractivity contribution in [1.82, 2.24) is 5.01 Å². The monoisotopic (exact) mass is 170 g/mol. The molecule has 0 aromatic rings. The lowest BCUT2D eigenvalue weighted by atomic mass is 10.2. The molecule has 2 heteroatoms. The normalized spacial score (nSPS) is 14.2. The molecule has 2 nitrogen and oxygen atoms in total. The Balaban J connectivity index is 4.12. The van der Waals surface area contributed by atoms with Gasteiger partial charge >= 0.3 is 0 Å². The molecule has 0 bridgehead atoms. The molecule has 0 amide bonds. The second-order valence-electron chi connectivity index (χ2n) is 3.44. The van der Waals surface area contributed by atoms with Gasteiger partial charge in [-0.15, -0.1) is 0 Å². The quantitative estimate of drug-likeness (QED) is 0.457. The Hall–Kier alpha value is -0.530. The van der Waals surface area contributed by atoms with E-state index in [1.54, 1.807) is 0 Å². The van der Waals surface area contributed by atoms with E-state index in [1.807, 2.05) is 6.21 Å². The zero-order valence-electron chi connectivity index (χ0n) is 9.04. The van der Waals surface area contributed by atoms with Crippen LogP contribution in [0.15, 0.2) is 5.10 Å². The highest BCUT2D eigenvalue weighted by Crippen LogP contribution is 2.08. The van der Waals surface area contributed by atoms with Gasteiger partial charge in [0, 0.05) is 18.3 Å². The molecule has 0 aliphatic carbocycles. The Kier molecular flexibility index (Phi) is 5.77. The average molecular weight is 170 g/mol. The highest BCUT2D eigenvalue weighted by molar-refractivity contribution is 5.56. The van der Waals surface area contributed by atoms with Crippen LogP contribution in [0.4, 0.5) is 0 Å². The van der Waals surface area contributed by atoms with E-state index in [0.717, 1.165) is 12.8 Å². The number of hydrogen-bond acceptors (Lipinski definition) is 2. The van der Waals surface area contributed by atoms with Crippen molar-refractivity contribution in [1.29, 1.82) is 0 Å². The lowest BCUT2D eigenvalue weighted by Crippen LogP contribution is -2.33. The average Bonchev–Trinajstić information content (AvgIpc) is 2.04. The van der Waals surface area contributed by atoms with Gasteiger partial charge < -0.3 is 0 Å². The van der Waals surface area contributed by atoms with Gasteiger partial charge in [-0.3, -0.25) is 5.01 Å². The SMILES string of the molecule is CC/C=N\N(C(C)C)C(C)CC. The first-order valence-electron chi connectivity index (χ1n) is 4.94. The fourth-order valence-electron chi connectivity index (χ4n) is 1.12. The molecule has 0 aromatic heterocycles. The molecule has 0 heterocycles. The van der Waals surface area contributed by atoms with Crippen molar-refractivity contribution in [3.05, 3.63) is 0 Å². The largest absolute Gasteiger partial charge is 0.292 e. The van der Waals surface area contributed by atoms with E-state index in [2.05, 4.69) is 44.7 Å². The second kappa shape index (κ2) is 6.04. The van der Waals surface area contributed by atoms with Crippen LogP contribution in [-0.4, -0.2) is 23.3 Å². The van der Waals surface area contributed by atoms with Crippen LogP contribution >= 0.6 is 0 Å². The summed E-state index contributed by atoms with van der Waals surface area (Å²) in [5.74, 6) is 0. The summed E-state index contributed by atoms with van der Waals surface area (Å²) < 4.78 is 0. The minimum absolute atomic E-state index is 0.503. The molecule has 0 aliphatic rings. The van der Waals surface area contributed by atoms with Gasteiger partial charge in [0.15, 0.2) is 0 Å². The van der Waals surface area contributed by atoms with Crippen LogP contribution < -0.4 is 0 Å². The van der Waals surface area contributed by atoms with Crippen molar-refractivity contribution in [2.75, 3.05) is 0 Å². The molecule has 0 aromatic carbocycles. The van der Waals surface area contributed by atoms with Crippen LogP contribution in [0.3, 0.4) is 0 Å². The Morgan fingerprint density at radius 1 is 1.25 bits per heavy atom.